The lowest BCUT2D eigenvalue weighted by molar-refractivity contribution is 0.0711. The van der Waals surface area contributed by atoms with Crippen molar-refractivity contribution in [1.29, 1.82) is 0 Å². The Kier molecular flexibility index (Phi) is 3.66. The van der Waals surface area contributed by atoms with Crippen LogP contribution in [0.3, 0.4) is 0 Å². The molecule has 0 spiro atoms. The lowest BCUT2D eigenvalue weighted by Crippen LogP contribution is -2.39. The molecule has 3 rings (SSSR count). The number of benzene rings is 2. The summed E-state index contributed by atoms with van der Waals surface area (Å²) in [5.41, 5.74) is 6.50. The number of fused-ring (bicyclic) bond motifs is 1. The third kappa shape index (κ3) is 2.52. The summed E-state index contributed by atoms with van der Waals surface area (Å²) in [5, 5.41) is 0. The van der Waals surface area contributed by atoms with E-state index < -0.39 is 18.0 Å². The van der Waals surface area contributed by atoms with Crippen LogP contribution in [0, 0.1) is 5.82 Å². The molecule has 0 radical (unpaired) electrons. The second-order valence-electron chi connectivity index (χ2n) is 4.80. The van der Waals surface area contributed by atoms with E-state index in [4.69, 9.17) is 19.9 Å². The molecule has 0 aliphatic carbocycles. The van der Waals surface area contributed by atoms with Gasteiger partial charge < -0.3 is 19.9 Å². The zero-order chi connectivity index (χ0) is 14.8. The summed E-state index contributed by atoms with van der Waals surface area (Å²) in [5.74, 6) is 0.995. The van der Waals surface area contributed by atoms with Crippen molar-refractivity contribution in [3.8, 4) is 17.2 Å². The number of halogens is 1. The van der Waals surface area contributed by atoms with Crippen molar-refractivity contribution in [3.63, 3.8) is 0 Å². The SMILES string of the molecule is COc1cccc(C(N)C2COc3ccccc3O2)c1F. The Morgan fingerprint density at radius 1 is 1.19 bits per heavy atom. The Bertz CT molecular complexity index is 647. The lowest BCUT2D eigenvalue weighted by Gasteiger charge is -2.30. The summed E-state index contributed by atoms with van der Waals surface area (Å²) in [6, 6.07) is 11.6. The van der Waals surface area contributed by atoms with E-state index in [0.29, 0.717) is 17.1 Å². The van der Waals surface area contributed by atoms with Crippen LogP contribution in [0.15, 0.2) is 42.5 Å². The van der Waals surface area contributed by atoms with Crippen molar-refractivity contribution in [2.24, 2.45) is 5.73 Å². The van der Waals surface area contributed by atoms with Gasteiger partial charge in [0.1, 0.15) is 6.61 Å². The quantitative estimate of drug-likeness (QED) is 0.944. The van der Waals surface area contributed by atoms with E-state index in [2.05, 4.69) is 0 Å². The summed E-state index contributed by atoms with van der Waals surface area (Å²) in [6.07, 6.45) is -0.457. The maximum absolute atomic E-state index is 14.3. The first kappa shape index (κ1) is 13.7. The first-order valence-electron chi connectivity index (χ1n) is 6.67. The van der Waals surface area contributed by atoms with Gasteiger partial charge in [0.15, 0.2) is 29.2 Å². The molecule has 1 aliphatic heterocycles. The van der Waals surface area contributed by atoms with E-state index >= 15 is 0 Å². The fraction of sp³-hybridized carbons (Fsp3) is 0.250. The molecular weight excluding hydrogens is 273 g/mol. The van der Waals surface area contributed by atoms with Gasteiger partial charge in [-0.1, -0.05) is 24.3 Å². The van der Waals surface area contributed by atoms with E-state index in [1.54, 1.807) is 24.3 Å². The predicted molar refractivity (Wildman–Crippen MR) is 76.2 cm³/mol. The number of rotatable bonds is 3. The molecular formula is C16H16FNO3. The Labute approximate surface area is 122 Å². The van der Waals surface area contributed by atoms with Crippen molar-refractivity contribution in [1.82, 2.24) is 0 Å². The van der Waals surface area contributed by atoms with E-state index in [9.17, 15) is 4.39 Å². The summed E-state index contributed by atoms with van der Waals surface area (Å²) in [4.78, 5) is 0. The number of ether oxygens (including phenoxy) is 3. The average Bonchev–Trinajstić information content (AvgIpc) is 2.54. The van der Waals surface area contributed by atoms with E-state index in [1.807, 2.05) is 18.2 Å². The summed E-state index contributed by atoms with van der Waals surface area (Å²) in [6.45, 7) is 0.273. The highest BCUT2D eigenvalue weighted by Crippen LogP contribution is 2.35. The zero-order valence-electron chi connectivity index (χ0n) is 11.6. The van der Waals surface area contributed by atoms with Crippen LogP contribution in [-0.2, 0) is 0 Å². The molecule has 2 N–H and O–H groups in total. The molecule has 0 aromatic heterocycles. The van der Waals surface area contributed by atoms with Crippen LogP contribution in [0.5, 0.6) is 17.2 Å². The Balaban J connectivity index is 1.85. The molecule has 0 fully saturated rings. The highest BCUT2D eigenvalue weighted by molar-refractivity contribution is 5.41. The van der Waals surface area contributed by atoms with Gasteiger partial charge >= 0.3 is 0 Å². The minimum Gasteiger partial charge on any atom is -0.494 e. The maximum Gasteiger partial charge on any atom is 0.169 e. The van der Waals surface area contributed by atoms with E-state index in [1.165, 1.54) is 7.11 Å². The minimum atomic E-state index is -0.645. The third-order valence-electron chi connectivity index (χ3n) is 3.50. The largest absolute Gasteiger partial charge is 0.494 e. The molecule has 2 aromatic carbocycles. The predicted octanol–water partition coefficient (Wildman–Crippen LogP) is 2.67. The maximum atomic E-state index is 14.3. The Morgan fingerprint density at radius 3 is 2.71 bits per heavy atom. The smallest absolute Gasteiger partial charge is 0.169 e. The van der Waals surface area contributed by atoms with Crippen LogP contribution in [0.2, 0.25) is 0 Å². The summed E-state index contributed by atoms with van der Waals surface area (Å²) >= 11 is 0. The number of methoxy groups -OCH3 is 1. The number of nitrogens with two attached hydrogens (primary N) is 1. The second-order valence-corrected chi connectivity index (χ2v) is 4.80. The molecule has 1 aliphatic rings. The molecule has 0 bridgehead atoms. The highest BCUT2D eigenvalue weighted by atomic mass is 19.1. The van der Waals surface area contributed by atoms with Crippen LogP contribution < -0.4 is 19.9 Å². The molecule has 1 heterocycles. The van der Waals surface area contributed by atoms with Gasteiger partial charge in [0.25, 0.3) is 0 Å². The highest BCUT2D eigenvalue weighted by Gasteiger charge is 2.29. The average molecular weight is 289 g/mol. The first-order valence-corrected chi connectivity index (χ1v) is 6.67. The van der Waals surface area contributed by atoms with Gasteiger partial charge in [-0.3, -0.25) is 0 Å². The molecule has 2 aromatic rings. The van der Waals surface area contributed by atoms with Gasteiger partial charge in [-0.15, -0.1) is 0 Å². The van der Waals surface area contributed by atoms with Crippen LogP contribution >= 0.6 is 0 Å². The van der Waals surface area contributed by atoms with Gasteiger partial charge in [-0.05, 0) is 18.2 Å². The number of hydrogen-bond acceptors (Lipinski definition) is 4. The molecule has 0 saturated heterocycles. The fourth-order valence-corrected chi connectivity index (χ4v) is 2.36. The van der Waals surface area contributed by atoms with Gasteiger partial charge in [0, 0.05) is 5.56 Å². The van der Waals surface area contributed by atoms with E-state index in [0.717, 1.165) is 0 Å². The topological polar surface area (TPSA) is 53.7 Å². The lowest BCUT2D eigenvalue weighted by atomic mass is 10.0. The molecule has 0 amide bonds. The van der Waals surface area contributed by atoms with E-state index in [-0.39, 0.29) is 12.4 Å². The Morgan fingerprint density at radius 2 is 1.95 bits per heavy atom. The minimum absolute atomic E-state index is 0.167. The molecule has 5 heteroatoms. The summed E-state index contributed by atoms with van der Waals surface area (Å²) < 4.78 is 30.7. The second kappa shape index (κ2) is 5.61. The standard InChI is InChI=1S/C16H16FNO3/c1-19-13-8-4-5-10(15(13)17)16(18)14-9-20-11-6-2-3-7-12(11)21-14/h2-8,14,16H,9,18H2,1H3. The van der Waals surface area contributed by atoms with Crippen LogP contribution in [0.4, 0.5) is 4.39 Å². The first-order chi connectivity index (χ1) is 10.2. The molecule has 2 atom stereocenters. The number of para-hydroxylation sites is 2. The van der Waals surface area contributed by atoms with Crippen LogP contribution in [0.25, 0.3) is 0 Å². The molecule has 0 saturated carbocycles. The monoisotopic (exact) mass is 289 g/mol. The van der Waals surface area contributed by atoms with Crippen molar-refractivity contribution in [2.75, 3.05) is 13.7 Å². The van der Waals surface area contributed by atoms with Gasteiger partial charge in [-0.25, -0.2) is 4.39 Å². The van der Waals surface area contributed by atoms with Gasteiger partial charge in [-0.2, -0.15) is 0 Å². The van der Waals surface area contributed by atoms with Crippen molar-refractivity contribution >= 4 is 0 Å². The molecule has 21 heavy (non-hydrogen) atoms. The van der Waals surface area contributed by atoms with Crippen LogP contribution in [0.1, 0.15) is 11.6 Å². The number of hydrogen-bond donors (Lipinski definition) is 1. The van der Waals surface area contributed by atoms with Crippen molar-refractivity contribution < 1.29 is 18.6 Å². The normalized spacial score (nSPS) is 18.1. The fourth-order valence-electron chi connectivity index (χ4n) is 2.36. The molecule has 110 valence electrons. The third-order valence-corrected chi connectivity index (χ3v) is 3.50. The summed E-state index contributed by atoms with van der Waals surface area (Å²) in [7, 11) is 1.42. The van der Waals surface area contributed by atoms with Crippen molar-refractivity contribution in [3.05, 3.63) is 53.8 Å². The Hall–Kier alpha value is -2.27. The molecule has 4 nitrogen and oxygen atoms in total. The van der Waals surface area contributed by atoms with Crippen molar-refractivity contribution in [2.45, 2.75) is 12.1 Å². The van der Waals surface area contributed by atoms with Crippen LogP contribution in [-0.4, -0.2) is 19.8 Å². The van der Waals surface area contributed by atoms with Gasteiger partial charge in [0.05, 0.1) is 13.2 Å². The molecule has 2 unspecified atom stereocenters. The zero-order valence-corrected chi connectivity index (χ0v) is 11.6. The van der Waals surface area contributed by atoms with Gasteiger partial charge in [0.2, 0.25) is 0 Å².